The number of halogens is 1. The molecule has 0 fully saturated rings. The van der Waals surface area contributed by atoms with Gasteiger partial charge in [0.15, 0.2) is 0 Å². The van der Waals surface area contributed by atoms with E-state index in [1.807, 2.05) is 49.4 Å². The molecule has 0 spiro atoms. The molecule has 1 heterocycles. The summed E-state index contributed by atoms with van der Waals surface area (Å²) in [5.74, 6) is -1.47. The second-order valence-electron chi connectivity index (χ2n) is 7.47. The second-order valence-corrected chi connectivity index (χ2v) is 7.47. The normalized spacial score (nSPS) is 12.0. The van der Waals surface area contributed by atoms with E-state index in [9.17, 15) is 14.4 Å². The third-order valence-electron chi connectivity index (χ3n) is 5.43. The molecule has 3 aromatic carbocycles. The molecule has 4 rings (SSSR count). The number of nitrogens with zero attached hydrogens (tertiary/aromatic N) is 2. The first kappa shape index (κ1) is 21.7. The Morgan fingerprint density at radius 2 is 1.88 bits per heavy atom. The summed E-state index contributed by atoms with van der Waals surface area (Å²) in [6.45, 7) is 2.00. The molecule has 0 aliphatic rings. The molecule has 2 N–H and O–H groups in total. The summed E-state index contributed by atoms with van der Waals surface area (Å²) in [4.78, 5) is 10.8. The highest BCUT2D eigenvalue weighted by molar-refractivity contribution is 6.01. The van der Waals surface area contributed by atoms with Crippen molar-refractivity contribution < 1.29 is 14.3 Å². The van der Waals surface area contributed by atoms with Crippen LogP contribution in [0.2, 0.25) is 0 Å². The summed E-state index contributed by atoms with van der Waals surface area (Å²) in [6.07, 6.45) is 4.98. The van der Waals surface area contributed by atoms with Gasteiger partial charge in [-0.3, -0.25) is 5.10 Å². The Balaban J connectivity index is 1.96. The zero-order valence-corrected chi connectivity index (χ0v) is 17.8. The van der Waals surface area contributed by atoms with Crippen LogP contribution in [0.3, 0.4) is 0 Å². The largest absolute Gasteiger partial charge is 0.478 e. The average Bonchev–Trinajstić information content (AvgIpc) is 3.30. The zero-order valence-electron chi connectivity index (χ0n) is 17.8. The van der Waals surface area contributed by atoms with Gasteiger partial charge in [0.05, 0.1) is 23.3 Å². The molecule has 0 saturated carbocycles. The standard InChI is InChI=1S/C27H20FN3O2/c1-2-23(24-10-9-22(28)14-20(24)15-29)27(19-8-11-25-21(13-19)16-30-31-25)18-6-3-17(4-7-18)5-12-26(32)33/h3-14,16H,2H2,1H3,(H,30,31)(H,32,33). The van der Waals surface area contributed by atoms with Crippen LogP contribution in [-0.4, -0.2) is 21.3 Å². The Bertz CT molecular complexity index is 1440. The number of nitrogens with one attached hydrogen (secondary N) is 1. The van der Waals surface area contributed by atoms with Gasteiger partial charge in [0.1, 0.15) is 5.82 Å². The van der Waals surface area contributed by atoms with Gasteiger partial charge < -0.3 is 5.11 Å². The number of fused-ring (bicyclic) bond motifs is 1. The molecule has 0 aliphatic heterocycles. The van der Waals surface area contributed by atoms with Crippen LogP contribution in [0.15, 0.2) is 72.9 Å². The van der Waals surface area contributed by atoms with Crippen LogP contribution < -0.4 is 0 Å². The molecule has 0 saturated heterocycles. The number of hydrogen-bond donors (Lipinski definition) is 2. The predicted molar refractivity (Wildman–Crippen MR) is 127 cm³/mol. The number of aromatic nitrogens is 2. The lowest BCUT2D eigenvalue weighted by Crippen LogP contribution is -1.98. The molecule has 0 radical (unpaired) electrons. The molecule has 0 aliphatic carbocycles. The van der Waals surface area contributed by atoms with Crippen LogP contribution in [0, 0.1) is 17.1 Å². The van der Waals surface area contributed by atoms with Crippen molar-refractivity contribution in [2.24, 2.45) is 0 Å². The van der Waals surface area contributed by atoms with E-state index in [1.165, 1.54) is 18.2 Å². The van der Waals surface area contributed by atoms with E-state index in [0.717, 1.165) is 44.8 Å². The highest BCUT2D eigenvalue weighted by atomic mass is 19.1. The van der Waals surface area contributed by atoms with Gasteiger partial charge in [-0.2, -0.15) is 10.4 Å². The number of hydrogen-bond acceptors (Lipinski definition) is 3. The first-order valence-corrected chi connectivity index (χ1v) is 10.4. The molecule has 33 heavy (non-hydrogen) atoms. The number of aromatic amines is 1. The van der Waals surface area contributed by atoms with E-state index in [0.29, 0.717) is 12.0 Å². The number of carbonyl (C=O) groups is 1. The number of nitriles is 1. The molecule has 6 heteroatoms. The Hall–Kier alpha value is -4.50. The summed E-state index contributed by atoms with van der Waals surface area (Å²) in [5, 5.41) is 26.5. The van der Waals surface area contributed by atoms with E-state index in [1.54, 1.807) is 12.3 Å². The minimum Gasteiger partial charge on any atom is -0.478 e. The van der Waals surface area contributed by atoms with Crippen LogP contribution in [0.4, 0.5) is 4.39 Å². The third kappa shape index (κ3) is 4.58. The number of benzene rings is 3. The molecule has 0 bridgehead atoms. The first-order chi connectivity index (χ1) is 16.0. The maximum absolute atomic E-state index is 13.8. The molecule has 1 aromatic heterocycles. The minimum absolute atomic E-state index is 0.273. The van der Waals surface area contributed by atoms with Gasteiger partial charge in [-0.05, 0) is 70.2 Å². The van der Waals surface area contributed by atoms with Crippen molar-refractivity contribution in [3.8, 4) is 6.07 Å². The van der Waals surface area contributed by atoms with E-state index < -0.39 is 11.8 Å². The fourth-order valence-corrected chi connectivity index (χ4v) is 3.92. The summed E-state index contributed by atoms with van der Waals surface area (Å²) < 4.78 is 13.8. The van der Waals surface area contributed by atoms with Gasteiger partial charge in [0.25, 0.3) is 0 Å². The van der Waals surface area contributed by atoms with Crippen LogP contribution >= 0.6 is 0 Å². The molecule has 162 valence electrons. The van der Waals surface area contributed by atoms with Crippen molar-refractivity contribution in [2.75, 3.05) is 0 Å². The summed E-state index contributed by atoms with van der Waals surface area (Å²) in [7, 11) is 0. The van der Waals surface area contributed by atoms with Crippen LogP contribution in [0.1, 0.15) is 41.2 Å². The van der Waals surface area contributed by atoms with Crippen LogP contribution in [-0.2, 0) is 4.79 Å². The fraction of sp³-hybridized carbons (Fsp3) is 0.0741. The van der Waals surface area contributed by atoms with Crippen molar-refractivity contribution >= 4 is 34.1 Å². The first-order valence-electron chi connectivity index (χ1n) is 10.4. The van der Waals surface area contributed by atoms with Crippen molar-refractivity contribution in [1.82, 2.24) is 10.2 Å². The Morgan fingerprint density at radius 3 is 2.58 bits per heavy atom. The summed E-state index contributed by atoms with van der Waals surface area (Å²) in [5.41, 5.74) is 6.26. The van der Waals surface area contributed by atoms with E-state index in [4.69, 9.17) is 5.11 Å². The number of allylic oxidation sites excluding steroid dienone is 1. The van der Waals surface area contributed by atoms with Crippen molar-refractivity contribution in [1.29, 1.82) is 5.26 Å². The second kappa shape index (κ2) is 9.33. The molecule has 0 atom stereocenters. The van der Waals surface area contributed by atoms with Gasteiger partial charge in [0.2, 0.25) is 0 Å². The van der Waals surface area contributed by atoms with Crippen LogP contribution in [0.5, 0.6) is 0 Å². The monoisotopic (exact) mass is 437 g/mol. The van der Waals surface area contributed by atoms with Gasteiger partial charge in [-0.15, -0.1) is 0 Å². The highest BCUT2D eigenvalue weighted by Crippen LogP contribution is 2.37. The molecule has 0 unspecified atom stereocenters. The number of carboxylic acid groups (broad SMARTS) is 1. The molecule has 0 amide bonds. The Kier molecular flexibility index (Phi) is 6.14. The summed E-state index contributed by atoms with van der Waals surface area (Å²) in [6, 6.07) is 19.9. The van der Waals surface area contributed by atoms with Crippen molar-refractivity contribution in [2.45, 2.75) is 13.3 Å². The minimum atomic E-state index is -1.01. The smallest absolute Gasteiger partial charge is 0.328 e. The SMILES string of the molecule is CCC(=C(c1ccc(C=CC(=O)O)cc1)c1ccc2[nH]ncc2c1)c1ccc(F)cc1C#N. The number of rotatable bonds is 6. The van der Waals surface area contributed by atoms with Gasteiger partial charge >= 0.3 is 5.97 Å². The highest BCUT2D eigenvalue weighted by Gasteiger charge is 2.17. The predicted octanol–water partition coefficient (Wildman–Crippen LogP) is 6.04. The van der Waals surface area contributed by atoms with Crippen molar-refractivity contribution in [3.05, 3.63) is 107 Å². The maximum Gasteiger partial charge on any atom is 0.328 e. The molecule has 5 nitrogen and oxygen atoms in total. The third-order valence-corrected chi connectivity index (χ3v) is 5.43. The average molecular weight is 437 g/mol. The molecular formula is C27H20FN3O2. The van der Waals surface area contributed by atoms with Crippen LogP contribution in [0.25, 0.3) is 28.1 Å². The van der Waals surface area contributed by atoms with E-state index >= 15 is 0 Å². The van der Waals surface area contributed by atoms with Crippen molar-refractivity contribution in [3.63, 3.8) is 0 Å². The number of carboxylic acids is 1. The lowest BCUT2D eigenvalue weighted by molar-refractivity contribution is -0.131. The Labute approximate surface area is 190 Å². The quantitative estimate of drug-likeness (QED) is 0.284. The fourth-order valence-electron chi connectivity index (χ4n) is 3.92. The van der Waals surface area contributed by atoms with E-state index in [2.05, 4.69) is 16.3 Å². The lowest BCUT2D eigenvalue weighted by Gasteiger charge is -2.17. The van der Waals surface area contributed by atoms with E-state index in [-0.39, 0.29) is 5.56 Å². The maximum atomic E-state index is 13.8. The van der Waals surface area contributed by atoms with Gasteiger partial charge in [-0.25, -0.2) is 9.18 Å². The zero-order chi connectivity index (χ0) is 23.4. The van der Waals surface area contributed by atoms with Gasteiger partial charge in [-0.1, -0.05) is 43.3 Å². The topological polar surface area (TPSA) is 89.8 Å². The Morgan fingerprint density at radius 1 is 1.12 bits per heavy atom. The molecule has 4 aromatic rings. The number of aliphatic carboxylic acids is 1. The number of H-pyrrole nitrogens is 1. The van der Waals surface area contributed by atoms with Gasteiger partial charge in [0, 0.05) is 11.5 Å². The lowest BCUT2D eigenvalue weighted by atomic mass is 9.86. The molecular weight excluding hydrogens is 417 g/mol. The summed E-state index contributed by atoms with van der Waals surface area (Å²) >= 11 is 0.